The summed E-state index contributed by atoms with van der Waals surface area (Å²) in [7, 11) is -3.90. The lowest BCUT2D eigenvalue weighted by molar-refractivity contribution is 0.253. The first kappa shape index (κ1) is 10.0. The van der Waals surface area contributed by atoms with Gasteiger partial charge in [-0.25, -0.2) is 0 Å². The quantitative estimate of drug-likeness (QED) is 0.734. The summed E-state index contributed by atoms with van der Waals surface area (Å²) >= 11 is 0. The lowest BCUT2D eigenvalue weighted by Gasteiger charge is -2.07. The topological polar surface area (TPSA) is 63.6 Å². The molecule has 72 valence electrons. The zero-order valence-electron chi connectivity index (χ0n) is 7.04. The molecule has 0 bridgehead atoms. The van der Waals surface area contributed by atoms with E-state index in [4.69, 9.17) is 5.11 Å². The first-order valence-electron chi connectivity index (χ1n) is 3.69. The first-order chi connectivity index (χ1) is 6.02. The maximum absolute atomic E-state index is 11.0. The second kappa shape index (κ2) is 3.76. The monoisotopic (exact) mass is 202 g/mol. The van der Waals surface area contributed by atoms with Gasteiger partial charge in [0, 0.05) is 0 Å². The van der Waals surface area contributed by atoms with E-state index in [1.54, 1.807) is 18.2 Å². The molecule has 0 aliphatic rings. The number of hydrogen-bond acceptors (Lipinski definition) is 4. The fraction of sp³-hybridized carbons (Fsp3) is 0.250. The number of hydrogen-bond donors (Lipinski definition) is 1. The fourth-order valence-electron chi connectivity index (χ4n) is 0.680. The van der Waals surface area contributed by atoms with Gasteiger partial charge in [0.2, 0.25) is 0 Å². The number of aliphatic hydroxyl groups excluding tert-OH is 1. The van der Waals surface area contributed by atoms with Crippen molar-refractivity contribution in [3.05, 3.63) is 30.3 Å². The molecule has 5 heteroatoms. The molecule has 1 rings (SSSR count). The van der Waals surface area contributed by atoms with Crippen LogP contribution in [0.2, 0.25) is 0 Å². The van der Waals surface area contributed by atoms with Crippen LogP contribution in [0.5, 0.6) is 5.75 Å². The smallest absolute Gasteiger partial charge is 0.336 e. The molecule has 1 aromatic carbocycles. The predicted octanol–water partition coefficient (Wildman–Crippen LogP) is 0.734. The summed E-state index contributed by atoms with van der Waals surface area (Å²) in [5.74, 6) is 0.198. The maximum Gasteiger partial charge on any atom is 0.336 e. The van der Waals surface area contributed by atoms with Gasteiger partial charge in [-0.1, -0.05) is 18.2 Å². The van der Waals surface area contributed by atoms with Crippen molar-refractivity contribution >= 4 is 10.1 Å². The summed E-state index contributed by atoms with van der Waals surface area (Å²) in [6.45, 7) is 1.14. The van der Waals surface area contributed by atoms with Crippen molar-refractivity contribution in [2.75, 3.05) is 0 Å². The molecule has 0 aromatic heterocycles. The largest absolute Gasteiger partial charge is 0.381 e. The summed E-state index contributed by atoms with van der Waals surface area (Å²) in [5, 5.41) is 8.83. The van der Waals surface area contributed by atoms with Gasteiger partial charge < -0.3 is 9.29 Å². The van der Waals surface area contributed by atoms with Crippen molar-refractivity contribution in [2.45, 2.75) is 12.4 Å². The average Bonchev–Trinajstić information content (AvgIpc) is 2.05. The van der Waals surface area contributed by atoms with Crippen LogP contribution in [0.3, 0.4) is 0 Å². The molecule has 0 spiro atoms. The van der Waals surface area contributed by atoms with Crippen molar-refractivity contribution in [1.29, 1.82) is 0 Å². The second-order valence-electron chi connectivity index (χ2n) is 2.49. The first-order valence-corrected chi connectivity index (χ1v) is 5.16. The Morgan fingerprint density at radius 2 is 1.85 bits per heavy atom. The highest BCUT2D eigenvalue weighted by Gasteiger charge is 2.19. The molecule has 1 N–H and O–H groups in total. The van der Waals surface area contributed by atoms with Gasteiger partial charge in [0.1, 0.15) is 5.75 Å². The van der Waals surface area contributed by atoms with Crippen LogP contribution < -0.4 is 4.18 Å². The molecule has 0 amide bonds. The van der Waals surface area contributed by atoms with Crippen LogP contribution >= 0.6 is 0 Å². The second-order valence-corrected chi connectivity index (χ2v) is 4.32. The molecule has 1 atom stereocenters. The molecule has 13 heavy (non-hydrogen) atoms. The van der Waals surface area contributed by atoms with E-state index in [1.807, 2.05) is 0 Å². The fourth-order valence-corrected chi connectivity index (χ4v) is 1.20. The third kappa shape index (κ3) is 2.71. The van der Waals surface area contributed by atoms with Gasteiger partial charge in [0.15, 0.2) is 5.44 Å². The number of rotatable bonds is 3. The summed E-state index contributed by atoms with van der Waals surface area (Å²) in [4.78, 5) is 0. The Kier molecular flexibility index (Phi) is 2.90. The van der Waals surface area contributed by atoms with Gasteiger partial charge in [0.05, 0.1) is 0 Å². The Bertz CT molecular complexity index is 355. The number of para-hydroxylation sites is 1. The van der Waals surface area contributed by atoms with Gasteiger partial charge in [-0.2, -0.15) is 8.42 Å². The minimum atomic E-state index is -3.90. The molecule has 1 aromatic rings. The van der Waals surface area contributed by atoms with Gasteiger partial charge >= 0.3 is 10.1 Å². The Balaban J connectivity index is 2.82. The van der Waals surface area contributed by atoms with Crippen molar-refractivity contribution in [2.24, 2.45) is 0 Å². The minimum Gasteiger partial charge on any atom is -0.381 e. The Morgan fingerprint density at radius 3 is 2.31 bits per heavy atom. The zero-order valence-corrected chi connectivity index (χ0v) is 7.86. The average molecular weight is 202 g/mol. The van der Waals surface area contributed by atoms with Crippen molar-refractivity contribution in [1.82, 2.24) is 0 Å². The number of benzene rings is 1. The molecule has 0 radical (unpaired) electrons. The summed E-state index contributed by atoms with van der Waals surface area (Å²) in [6, 6.07) is 8.03. The SMILES string of the molecule is CC(O)S(=O)(=O)Oc1ccccc1. The van der Waals surface area contributed by atoms with E-state index < -0.39 is 15.6 Å². The summed E-state index contributed by atoms with van der Waals surface area (Å²) in [6.07, 6.45) is 0. The molecule has 0 aliphatic carbocycles. The molecule has 1 unspecified atom stereocenters. The van der Waals surface area contributed by atoms with Crippen LogP contribution in [0.15, 0.2) is 30.3 Å². The lowest BCUT2D eigenvalue weighted by Crippen LogP contribution is -2.22. The van der Waals surface area contributed by atoms with E-state index in [-0.39, 0.29) is 5.75 Å². The van der Waals surface area contributed by atoms with Crippen LogP contribution in [-0.4, -0.2) is 19.0 Å². The third-order valence-electron chi connectivity index (χ3n) is 1.37. The Hall–Kier alpha value is -1.07. The van der Waals surface area contributed by atoms with Crippen molar-refractivity contribution in [3.63, 3.8) is 0 Å². The normalized spacial score (nSPS) is 13.7. The minimum absolute atomic E-state index is 0.198. The van der Waals surface area contributed by atoms with Crippen molar-refractivity contribution in [3.8, 4) is 5.75 Å². The van der Waals surface area contributed by atoms with Crippen molar-refractivity contribution < 1.29 is 17.7 Å². The van der Waals surface area contributed by atoms with E-state index in [2.05, 4.69) is 4.18 Å². The highest BCUT2D eigenvalue weighted by molar-refractivity contribution is 7.87. The molecule has 0 heterocycles. The highest BCUT2D eigenvalue weighted by atomic mass is 32.2. The van der Waals surface area contributed by atoms with E-state index in [9.17, 15) is 8.42 Å². The molecule has 0 saturated heterocycles. The van der Waals surface area contributed by atoms with Crippen LogP contribution in [0.25, 0.3) is 0 Å². The van der Waals surface area contributed by atoms with Gasteiger partial charge in [-0.3, -0.25) is 0 Å². The molecule has 0 saturated carbocycles. The van der Waals surface area contributed by atoms with Gasteiger partial charge in [0.25, 0.3) is 0 Å². The summed E-state index contributed by atoms with van der Waals surface area (Å²) in [5.41, 5.74) is -1.52. The van der Waals surface area contributed by atoms with E-state index >= 15 is 0 Å². The highest BCUT2D eigenvalue weighted by Crippen LogP contribution is 2.13. The van der Waals surface area contributed by atoms with Gasteiger partial charge in [-0.05, 0) is 19.1 Å². The molecule has 0 fully saturated rings. The lowest BCUT2D eigenvalue weighted by atomic mass is 10.3. The van der Waals surface area contributed by atoms with E-state index in [0.717, 1.165) is 6.92 Å². The molecular formula is C8H10O4S. The Morgan fingerprint density at radius 1 is 1.31 bits per heavy atom. The van der Waals surface area contributed by atoms with E-state index in [1.165, 1.54) is 12.1 Å². The third-order valence-corrected chi connectivity index (χ3v) is 2.63. The van der Waals surface area contributed by atoms with Crippen LogP contribution in [-0.2, 0) is 10.1 Å². The van der Waals surface area contributed by atoms with E-state index in [0.29, 0.717) is 0 Å². The van der Waals surface area contributed by atoms with Gasteiger partial charge in [-0.15, -0.1) is 0 Å². The zero-order chi connectivity index (χ0) is 9.90. The van der Waals surface area contributed by atoms with Crippen LogP contribution in [0.1, 0.15) is 6.92 Å². The van der Waals surface area contributed by atoms with Crippen LogP contribution in [0.4, 0.5) is 0 Å². The van der Waals surface area contributed by atoms with Crippen LogP contribution in [0, 0.1) is 0 Å². The maximum atomic E-state index is 11.0. The number of aliphatic hydroxyl groups is 1. The molecule has 4 nitrogen and oxygen atoms in total. The molecule has 0 aliphatic heterocycles. The molecular weight excluding hydrogens is 192 g/mol. The predicted molar refractivity (Wildman–Crippen MR) is 47.7 cm³/mol. The Labute approximate surface area is 76.9 Å². The standard InChI is InChI=1S/C8H10O4S/c1-7(9)13(10,11)12-8-5-3-2-4-6-8/h2-7,9H,1H3. The summed E-state index contributed by atoms with van der Waals surface area (Å²) < 4.78 is 26.6.